The molecule has 2 aliphatic rings. The first-order chi connectivity index (χ1) is 15.6. The Kier molecular flexibility index (Phi) is 5.11. The smallest absolute Gasteiger partial charge is 0.251 e. The standard InChI is InChI=1S/C26H23N3O3/c30-20-10-6-18(7-11-20)15-23-26(32)29-16-24(19-8-12-21(31)13-9-19)27-22(25(29)28-23)14-17-4-2-1-3-5-17/h1-13,23,28,30-31H,14-16H2/p+1. The molecule has 1 atom stereocenters. The second kappa shape index (κ2) is 8.23. The van der Waals surface area contributed by atoms with Gasteiger partial charge in [-0.3, -0.25) is 9.69 Å². The average molecular weight is 426 g/mol. The molecule has 0 radical (unpaired) electrons. The SMILES string of the molecule is O=C1C(Cc2ccc(O)cc2)NC2=C(Cc3ccccc3)[NH+]=C(c3ccc(O)cc3)CN12. The maximum absolute atomic E-state index is 13.3. The molecule has 1 saturated heterocycles. The Labute approximate surface area is 186 Å². The van der Waals surface area contributed by atoms with E-state index >= 15 is 0 Å². The number of carbonyl (C=O) groups excluding carboxylic acids is 1. The van der Waals surface area contributed by atoms with Gasteiger partial charge in [0.1, 0.15) is 24.1 Å². The molecular formula is C26H24N3O3+. The number of hydrogen-bond donors (Lipinski definition) is 4. The highest BCUT2D eigenvalue weighted by atomic mass is 16.3. The number of phenolic OH excluding ortho intramolecular Hbond substituents is 2. The van der Waals surface area contributed by atoms with Crippen LogP contribution in [0, 0.1) is 0 Å². The fraction of sp³-hybridized carbons (Fsp3) is 0.154. The predicted molar refractivity (Wildman–Crippen MR) is 121 cm³/mol. The first kappa shape index (κ1) is 19.9. The fourth-order valence-electron chi connectivity index (χ4n) is 4.21. The van der Waals surface area contributed by atoms with Crippen molar-refractivity contribution >= 4 is 11.6 Å². The van der Waals surface area contributed by atoms with Crippen molar-refractivity contribution in [1.29, 1.82) is 0 Å². The van der Waals surface area contributed by atoms with Crippen LogP contribution < -0.4 is 10.3 Å². The highest BCUT2D eigenvalue weighted by Gasteiger charge is 2.42. The minimum Gasteiger partial charge on any atom is -0.508 e. The minimum absolute atomic E-state index is 0.0245. The molecule has 1 unspecified atom stereocenters. The van der Waals surface area contributed by atoms with Gasteiger partial charge in [-0.15, -0.1) is 0 Å². The number of aromatic hydroxyl groups is 2. The first-order valence-corrected chi connectivity index (χ1v) is 10.6. The molecule has 2 heterocycles. The second-order valence-electron chi connectivity index (χ2n) is 8.13. The summed E-state index contributed by atoms with van der Waals surface area (Å²) >= 11 is 0. The van der Waals surface area contributed by atoms with Gasteiger partial charge in [0.05, 0.1) is 6.42 Å². The molecule has 0 spiro atoms. The zero-order chi connectivity index (χ0) is 22.1. The van der Waals surface area contributed by atoms with E-state index in [-0.39, 0.29) is 23.4 Å². The molecule has 1 fully saturated rings. The highest BCUT2D eigenvalue weighted by molar-refractivity contribution is 6.02. The lowest BCUT2D eigenvalue weighted by Crippen LogP contribution is -2.76. The highest BCUT2D eigenvalue weighted by Crippen LogP contribution is 2.23. The van der Waals surface area contributed by atoms with Gasteiger partial charge in [0.2, 0.25) is 11.4 Å². The Morgan fingerprint density at radius 2 is 1.53 bits per heavy atom. The van der Waals surface area contributed by atoms with Crippen molar-refractivity contribution < 1.29 is 20.0 Å². The van der Waals surface area contributed by atoms with Crippen LogP contribution in [0.1, 0.15) is 16.7 Å². The summed E-state index contributed by atoms with van der Waals surface area (Å²) in [5, 5.41) is 22.6. The molecule has 1 amide bonds. The number of rotatable bonds is 5. The number of allylic oxidation sites excluding steroid dienone is 1. The summed E-state index contributed by atoms with van der Waals surface area (Å²) in [6.07, 6.45) is 1.19. The van der Waals surface area contributed by atoms with E-state index in [0.29, 0.717) is 19.4 Å². The van der Waals surface area contributed by atoms with Gasteiger partial charge in [0, 0.05) is 12.0 Å². The lowest BCUT2D eigenvalue weighted by atomic mass is 10.0. The summed E-state index contributed by atoms with van der Waals surface area (Å²) < 4.78 is 0. The van der Waals surface area contributed by atoms with Crippen LogP contribution in [0.15, 0.2) is 90.4 Å². The molecule has 3 aromatic rings. The zero-order valence-corrected chi connectivity index (χ0v) is 17.5. The molecule has 0 saturated carbocycles. The van der Waals surface area contributed by atoms with Crippen LogP contribution in [-0.2, 0) is 17.6 Å². The van der Waals surface area contributed by atoms with Crippen molar-refractivity contribution in [3.05, 3.63) is 107 Å². The molecule has 6 heteroatoms. The van der Waals surface area contributed by atoms with Crippen LogP contribution in [0.2, 0.25) is 0 Å². The van der Waals surface area contributed by atoms with Crippen LogP contribution >= 0.6 is 0 Å². The Balaban J connectivity index is 1.48. The predicted octanol–water partition coefficient (Wildman–Crippen LogP) is 1.44. The lowest BCUT2D eigenvalue weighted by Gasteiger charge is -2.20. The Morgan fingerprint density at radius 3 is 2.22 bits per heavy atom. The van der Waals surface area contributed by atoms with Gasteiger partial charge in [-0.25, -0.2) is 4.99 Å². The van der Waals surface area contributed by atoms with Gasteiger partial charge in [-0.05, 0) is 47.5 Å². The van der Waals surface area contributed by atoms with Crippen molar-refractivity contribution in [3.8, 4) is 11.5 Å². The average Bonchev–Trinajstić information content (AvgIpc) is 3.12. The lowest BCUT2D eigenvalue weighted by molar-refractivity contribution is -0.406. The van der Waals surface area contributed by atoms with E-state index in [2.05, 4.69) is 22.4 Å². The molecule has 0 bridgehead atoms. The quantitative estimate of drug-likeness (QED) is 0.497. The molecule has 3 aromatic carbocycles. The zero-order valence-electron chi connectivity index (χ0n) is 17.5. The number of phenols is 2. The van der Waals surface area contributed by atoms with Crippen molar-refractivity contribution in [1.82, 2.24) is 10.2 Å². The largest absolute Gasteiger partial charge is 0.508 e. The van der Waals surface area contributed by atoms with E-state index in [1.54, 1.807) is 24.3 Å². The van der Waals surface area contributed by atoms with Gasteiger partial charge in [-0.1, -0.05) is 42.5 Å². The van der Waals surface area contributed by atoms with Gasteiger partial charge < -0.3 is 15.5 Å². The molecule has 5 rings (SSSR count). The third-order valence-electron chi connectivity index (χ3n) is 5.86. The summed E-state index contributed by atoms with van der Waals surface area (Å²) in [4.78, 5) is 18.7. The van der Waals surface area contributed by atoms with Crippen LogP contribution in [0.3, 0.4) is 0 Å². The number of fused-ring (bicyclic) bond motifs is 1. The van der Waals surface area contributed by atoms with E-state index < -0.39 is 0 Å². The van der Waals surface area contributed by atoms with Gasteiger partial charge in [-0.2, -0.15) is 0 Å². The second-order valence-corrected chi connectivity index (χ2v) is 8.13. The fourth-order valence-corrected chi connectivity index (χ4v) is 4.21. The summed E-state index contributed by atoms with van der Waals surface area (Å²) in [5.74, 6) is 1.25. The minimum atomic E-state index is -0.374. The van der Waals surface area contributed by atoms with Gasteiger partial charge in [0.25, 0.3) is 5.91 Å². The molecular weight excluding hydrogens is 402 g/mol. The van der Waals surface area contributed by atoms with Gasteiger partial charge >= 0.3 is 0 Å². The Morgan fingerprint density at radius 1 is 0.875 bits per heavy atom. The number of carbonyl (C=O) groups is 1. The number of hydrogen-bond acceptors (Lipinski definition) is 4. The number of nitrogens with one attached hydrogen (secondary N) is 2. The normalized spacial score (nSPS) is 17.8. The van der Waals surface area contributed by atoms with Crippen LogP contribution in [-0.4, -0.2) is 39.3 Å². The number of amides is 1. The van der Waals surface area contributed by atoms with Crippen molar-refractivity contribution in [2.75, 3.05) is 6.54 Å². The topological polar surface area (TPSA) is 86.8 Å². The van der Waals surface area contributed by atoms with E-state index in [4.69, 9.17) is 0 Å². The van der Waals surface area contributed by atoms with E-state index in [1.807, 2.05) is 47.4 Å². The maximum Gasteiger partial charge on any atom is 0.251 e. The van der Waals surface area contributed by atoms with Crippen molar-refractivity contribution in [2.24, 2.45) is 0 Å². The maximum atomic E-state index is 13.3. The van der Waals surface area contributed by atoms with Crippen molar-refractivity contribution in [3.63, 3.8) is 0 Å². The molecule has 160 valence electrons. The van der Waals surface area contributed by atoms with E-state index in [1.165, 1.54) is 0 Å². The summed E-state index contributed by atoms with van der Waals surface area (Å²) in [7, 11) is 0. The van der Waals surface area contributed by atoms with Crippen LogP contribution in [0.4, 0.5) is 0 Å². The number of nitrogens with zero attached hydrogens (tertiary/aromatic N) is 1. The third kappa shape index (κ3) is 3.95. The summed E-state index contributed by atoms with van der Waals surface area (Å²) in [5.41, 5.74) is 4.91. The Hall–Kier alpha value is -4.06. The molecule has 0 aromatic heterocycles. The third-order valence-corrected chi connectivity index (χ3v) is 5.86. The monoisotopic (exact) mass is 426 g/mol. The molecule has 4 N–H and O–H groups in total. The Bertz CT molecular complexity index is 1200. The van der Waals surface area contributed by atoms with Crippen LogP contribution in [0.5, 0.6) is 11.5 Å². The van der Waals surface area contributed by atoms with Crippen LogP contribution in [0.25, 0.3) is 0 Å². The molecule has 2 aliphatic heterocycles. The number of benzene rings is 3. The first-order valence-electron chi connectivity index (χ1n) is 10.6. The van der Waals surface area contributed by atoms with Crippen molar-refractivity contribution in [2.45, 2.75) is 18.9 Å². The van der Waals surface area contributed by atoms with Gasteiger partial charge in [0.15, 0.2) is 5.82 Å². The molecule has 32 heavy (non-hydrogen) atoms. The molecule has 0 aliphatic carbocycles. The summed E-state index contributed by atoms with van der Waals surface area (Å²) in [6.45, 7) is 0.427. The van der Waals surface area contributed by atoms with E-state index in [9.17, 15) is 15.0 Å². The summed E-state index contributed by atoms with van der Waals surface area (Å²) in [6, 6.07) is 23.7. The van der Waals surface area contributed by atoms with E-state index in [0.717, 1.165) is 33.9 Å². The molecule has 6 nitrogen and oxygen atoms in total.